The van der Waals surface area contributed by atoms with Gasteiger partial charge in [-0.05, 0) is 17.5 Å². The molecule has 0 spiro atoms. The third-order valence-corrected chi connectivity index (χ3v) is 5.24. The molecule has 0 aliphatic carbocycles. The average Bonchev–Trinajstić information content (AvgIpc) is 2.72. The second kappa shape index (κ2) is 11.6. The Bertz CT molecular complexity index is 763. The Morgan fingerprint density at radius 2 is 1.62 bits per heavy atom. The van der Waals surface area contributed by atoms with Crippen LogP contribution in [0.25, 0.3) is 0 Å². The maximum atomic E-state index is 12.9. The van der Waals surface area contributed by atoms with Gasteiger partial charge in [0.1, 0.15) is 0 Å². The first-order chi connectivity index (χ1) is 13.9. The first-order valence-electron chi connectivity index (χ1n) is 9.52. The summed E-state index contributed by atoms with van der Waals surface area (Å²) < 4.78 is 3.89. The van der Waals surface area contributed by atoms with Crippen molar-refractivity contribution in [3.05, 3.63) is 84.4 Å². The Labute approximate surface area is 188 Å². The molecule has 6 heteroatoms. The topological polar surface area (TPSA) is 29.5 Å². The highest BCUT2D eigenvalue weighted by molar-refractivity contribution is 6.76. The van der Waals surface area contributed by atoms with Gasteiger partial charge in [0, 0.05) is 12.5 Å². The van der Waals surface area contributed by atoms with Crippen molar-refractivity contribution in [3.8, 4) is 0 Å². The molecule has 0 saturated heterocycles. The number of amides is 1. The van der Waals surface area contributed by atoms with Crippen molar-refractivity contribution in [1.82, 2.24) is 4.90 Å². The van der Waals surface area contributed by atoms with Gasteiger partial charge in [0.2, 0.25) is 0 Å². The van der Waals surface area contributed by atoms with Crippen molar-refractivity contribution < 1.29 is 9.53 Å². The van der Waals surface area contributed by atoms with Gasteiger partial charge in [0.15, 0.2) is 0 Å². The molecule has 2 aromatic rings. The maximum Gasteiger partial charge on any atom is 0.275 e. The number of halogens is 3. The standard InChI is InChI=1S/C23H26Cl3NO2/c1-3-20(17-29-16-19-13-9-6-10-14-19)21(4-2)27(22(28)23(24,25)26)15-18-11-7-5-8-12-18/h4-14,20-21H,2-3,15-17H2,1H3/t20-,21-/m0/s1. The fourth-order valence-corrected chi connectivity index (χ4v) is 3.52. The summed E-state index contributed by atoms with van der Waals surface area (Å²) in [5.74, 6) is -0.561. The van der Waals surface area contributed by atoms with Crippen molar-refractivity contribution in [3.63, 3.8) is 0 Å². The number of alkyl halides is 3. The number of carbonyl (C=O) groups excluding carboxylic acids is 1. The Balaban J connectivity index is 2.17. The van der Waals surface area contributed by atoms with Crippen molar-refractivity contribution in [2.75, 3.05) is 6.61 Å². The second-order valence-electron chi connectivity index (χ2n) is 6.81. The highest BCUT2D eigenvalue weighted by atomic mass is 35.6. The van der Waals surface area contributed by atoms with E-state index in [1.165, 1.54) is 0 Å². The van der Waals surface area contributed by atoms with E-state index < -0.39 is 9.70 Å². The monoisotopic (exact) mass is 453 g/mol. The number of rotatable bonds is 10. The lowest BCUT2D eigenvalue weighted by atomic mass is 9.95. The van der Waals surface area contributed by atoms with Crippen LogP contribution >= 0.6 is 34.8 Å². The van der Waals surface area contributed by atoms with Crippen LogP contribution < -0.4 is 0 Å². The van der Waals surface area contributed by atoms with E-state index in [1.54, 1.807) is 11.0 Å². The van der Waals surface area contributed by atoms with Gasteiger partial charge in [-0.2, -0.15) is 0 Å². The van der Waals surface area contributed by atoms with Crippen LogP contribution in [0.4, 0.5) is 0 Å². The molecule has 2 aromatic carbocycles. The maximum absolute atomic E-state index is 12.9. The summed E-state index contributed by atoms with van der Waals surface area (Å²) in [6.45, 7) is 7.27. The normalized spacial score (nSPS) is 13.5. The molecule has 0 unspecified atom stereocenters. The van der Waals surface area contributed by atoms with E-state index >= 15 is 0 Å². The van der Waals surface area contributed by atoms with Crippen LogP contribution in [0.2, 0.25) is 0 Å². The minimum atomic E-state index is -2.04. The van der Waals surface area contributed by atoms with Crippen molar-refractivity contribution in [2.24, 2.45) is 5.92 Å². The fourth-order valence-electron chi connectivity index (χ4n) is 3.19. The van der Waals surface area contributed by atoms with E-state index in [0.717, 1.165) is 17.5 Å². The summed E-state index contributed by atoms with van der Waals surface area (Å²) in [7, 11) is 0. The smallest absolute Gasteiger partial charge is 0.275 e. The van der Waals surface area contributed by atoms with Gasteiger partial charge >= 0.3 is 0 Å². The summed E-state index contributed by atoms with van der Waals surface area (Å²) in [5.41, 5.74) is 2.04. The summed E-state index contributed by atoms with van der Waals surface area (Å²) in [4.78, 5) is 14.5. The zero-order chi connectivity index (χ0) is 21.3. The Hall–Kier alpha value is -1.52. The molecular formula is C23H26Cl3NO2. The van der Waals surface area contributed by atoms with Gasteiger partial charge in [-0.25, -0.2) is 0 Å². The molecule has 1 amide bonds. The summed E-state index contributed by atoms with van der Waals surface area (Å²) >= 11 is 17.9. The van der Waals surface area contributed by atoms with E-state index in [9.17, 15) is 4.79 Å². The highest BCUT2D eigenvalue weighted by Crippen LogP contribution is 2.32. The highest BCUT2D eigenvalue weighted by Gasteiger charge is 2.39. The first-order valence-corrected chi connectivity index (χ1v) is 10.7. The minimum Gasteiger partial charge on any atom is -0.376 e. The zero-order valence-electron chi connectivity index (χ0n) is 16.4. The number of carbonyl (C=O) groups is 1. The second-order valence-corrected chi connectivity index (χ2v) is 9.09. The molecule has 0 saturated carbocycles. The summed E-state index contributed by atoms with van der Waals surface area (Å²) in [6.07, 6.45) is 2.52. The molecule has 0 heterocycles. The van der Waals surface area contributed by atoms with Gasteiger partial charge in [-0.1, -0.05) is 108 Å². The van der Waals surface area contributed by atoms with Crippen LogP contribution in [-0.2, 0) is 22.7 Å². The third kappa shape index (κ3) is 7.35. The number of ether oxygens (including phenoxy) is 1. The lowest BCUT2D eigenvalue weighted by molar-refractivity contribution is -0.134. The molecule has 0 radical (unpaired) electrons. The quantitative estimate of drug-likeness (QED) is 0.317. The lowest BCUT2D eigenvalue weighted by Crippen LogP contribution is -2.48. The molecule has 29 heavy (non-hydrogen) atoms. The Kier molecular flexibility index (Phi) is 9.51. The van der Waals surface area contributed by atoms with E-state index in [2.05, 4.69) is 6.58 Å². The van der Waals surface area contributed by atoms with Gasteiger partial charge in [0.05, 0.1) is 19.3 Å². The van der Waals surface area contributed by atoms with Gasteiger partial charge in [-0.3, -0.25) is 4.79 Å². The number of benzene rings is 2. The molecule has 2 atom stereocenters. The van der Waals surface area contributed by atoms with Crippen LogP contribution in [0.5, 0.6) is 0 Å². The molecule has 0 fully saturated rings. The Morgan fingerprint density at radius 1 is 1.07 bits per heavy atom. The zero-order valence-corrected chi connectivity index (χ0v) is 18.7. The van der Waals surface area contributed by atoms with E-state index in [1.807, 2.05) is 67.6 Å². The molecule has 3 nitrogen and oxygen atoms in total. The largest absolute Gasteiger partial charge is 0.376 e. The van der Waals surface area contributed by atoms with E-state index in [0.29, 0.717) is 19.8 Å². The fraction of sp³-hybridized carbons (Fsp3) is 0.348. The SMILES string of the molecule is C=C[C@@H]([C@@H](CC)COCc1ccccc1)N(Cc1ccccc1)C(=O)C(Cl)(Cl)Cl. The Morgan fingerprint density at radius 3 is 2.10 bits per heavy atom. The predicted molar refractivity (Wildman–Crippen MR) is 121 cm³/mol. The van der Waals surface area contributed by atoms with Crippen LogP contribution in [-0.4, -0.2) is 27.2 Å². The number of hydrogen-bond acceptors (Lipinski definition) is 2. The van der Waals surface area contributed by atoms with Gasteiger partial charge < -0.3 is 9.64 Å². The molecule has 156 valence electrons. The van der Waals surface area contributed by atoms with Crippen molar-refractivity contribution in [2.45, 2.75) is 36.3 Å². The average molecular weight is 455 g/mol. The van der Waals surface area contributed by atoms with Crippen LogP contribution in [0.3, 0.4) is 0 Å². The predicted octanol–water partition coefficient (Wildman–Crippen LogP) is 6.18. The number of nitrogens with zero attached hydrogens (tertiary/aromatic N) is 1. The summed E-state index contributed by atoms with van der Waals surface area (Å²) in [6, 6.07) is 19.2. The molecule has 0 aromatic heterocycles. The molecule has 0 N–H and O–H groups in total. The molecule has 0 bridgehead atoms. The van der Waals surface area contributed by atoms with Crippen molar-refractivity contribution in [1.29, 1.82) is 0 Å². The van der Waals surface area contributed by atoms with Crippen molar-refractivity contribution >= 4 is 40.7 Å². The van der Waals surface area contributed by atoms with Crippen LogP contribution in [0.1, 0.15) is 24.5 Å². The third-order valence-electron chi connectivity index (χ3n) is 4.75. The van der Waals surface area contributed by atoms with E-state index in [-0.39, 0.29) is 12.0 Å². The first kappa shape index (κ1) is 23.8. The molecule has 0 aliphatic rings. The van der Waals surface area contributed by atoms with E-state index in [4.69, 9.17) is 39.5 Å². The minimum absolute atomic E-state index is 0.0104. The molecule has 0 aliphatic heterocycles. The van der Waals surface area contributed by atoms with Gasteiger partial charge in [0.25, 0.3) is 9.70 Å². The number of hydrogen-bond donors (Lipinski definition) is 0. The molecule has 2 rings (SSSR count). The lowest BCUT2D eigenvalue weighted by Gasteiger charge is -2.36. The summed E-state index contributed by atoms with van der Waals surface area (Å²) in [5, 5.41) is 0. The van der Waals surface area contributed by atoms with Gasteiger partial charge in [-0.15, -0.1) is 6.58 Å². The van der Waals surface area contributed by atoms with Crippen LogP contribution in [0, 0.1) is 5.92 Å². The van der Waals surface area contributed by atoms with Crippen LogP contribution in [0.15, 0.2) is 73.3 Å². The molecular weight excluding hydrogens is 429 g/mol.